The van der Waals surface area contributed by atoms with E-state index < -0.39 is 0 Å². The number of nitrogens with one attached hydrogen (secondary N) is 2. The van der Waals surface area contributed by atoms with Crippen LogP contribution in [-0.2, 0) is 12.8 Å². The van der Waals surface area contributed by atoms with E-state index in [1.807, 2.05) is 0 Å². The van der Waals surface area contributed by atoms with E-state index in [0.717, 1.165) is 12.3 Å². The van der Waals surface area contributed by atoms with Gasteiger partial charge in [0.25, 0.3) is 0 Å². The molecule has 0 spiro atoms. The lowest BCUT2D eigenvalue weighted by Crippen LogP contribution is -2.30. The Hall–Kier alpha value is -1.28. The zero-order valence-electron chi connectivity index (χ0n) is 12.1. The molecule has 1 aromatic carbocycles. The second kappa shape index (κ2) is 5.38. The van der Waals surface area contributed by atoms with Gasteiger partial charge in [0.1, 0.15) is 0 Å². The average molecular weight is 256 g/mol. The van der Waals surface area contributed by atoms with Gasteiger partial charge in [-0.2, -0.15) is 0 Å². The summed E-state index contributed by atoms with van der Waals surface area (Å²) in [5.41, 5.74) is 5.70. The summed E-state index contributed by atoms with van der Waals surface area (Å²) in [6.45, 7) is 6.84. The highest BCUT2D eigenvalue weighted by Gasteiger charge is 2.18. The molecule has 1 saturated heterocycles. The van der Waals surface area contributed by atoms with E-state index in [2.05, 4.69) is 42.3 Å². The van der Waals surface area contributed by atoms with Gasteiger partial charge >= 0.3 is 0 Å². The molecule has 1 fully saturated rings. The molecular weight excluding hydrogens is 232 g/mol. The van der Waals surface area contributed by atoms with Gasteiger partial charge < -0.3 is 10.3 Å². The number of rotatable bonds is 3. The second-order valence-electron chi connectivity index (χ2n) is 5.84. The second-order valence-corrected chi connectivity index (χ2v) is 5.84. The van der Waals surface area contributed by atoms with Gasteiger partial charge in [-0.15, -0.1) is 0 Å². The van der Waals surface area contributed by atoms with Crippen LogP contribution in [0.15, 0.2) is 18.2 Å². The maximum absolute atomic E-state index is 3.62. The Balaban J connectivity index is 1.96. The molecule has 102 valence electrons. The number of hydrogen-bond donors (Lipinski definition) is 2. The van der Waals surface area contributed by atoms with Crippen molar-refractivity contribution in [3.63, 3.8) is 0 Å². The van der Waals surface area contributed by atoms with E-state index in [-0.39, 0.29) is 0 Å². The zero-order chi connectivity index (χ0) is 13.2. The summed E-state index contributed by atoms with van der Waals surface area (Å²) in [4.78, 5) is 3.62. The summed E-state index contributed by atoms with van der Waals surface area (Å²) in [5.74, 6) is 0.803. The maximum atomic E-state index is 3.62. The van der Waals surface area contributed by atoms with Gasteiger partial charge in [0, 0.05) is 16.6 Å². The van der Waals surface area contributed by atoms with E-state index in [0.29, 0.717) is 0 Å². The van der Waals surface area contributed by atoms with Crippen LogP contribution in [0.3, 0.4) is 0 Å². The predicted molar refractivity (Wildman–Crippen MR) is 81.7 cm³/mol. The highest BCUT2D eigenvalue weighted by atomic mass is 14.9. The molecular formula is C17H24N2. The highest BCUT2D eigenvalue weighted by molar-refractivity contribution is 5.87. The smallest absolute Gasteiger partial charge is 0.0491 e. The number of para-hydroxylation sites is 1. The van der Waals surface area contributed by atoms with Crippen LogP contribution < -0.4 is 5.32 Å². The molecule has 3 rings (SSSR count). The third kappa shape index (κ3) is 2.42. The molecule has 1 aliphatic heterocycles. The quantitative estimate of drug-likeness (QED) is 0.863. The fourth-order valence-corrected chi connectivity index (χ4v) is 3.41. The Kier molecular flexibility index (Phi) is 3.61. The van der Waals surface area contributed by atoms with Crippen LogP contribution in [0.4, 0.5) is 0 Å². The van der Waals surface area contributed by atoms with Crippen LogP contribution in [0, 0.1) is 12.8 Å². The summed E-state index contributed by atoms with van der Waals surface area (Å²) < 4.78 is 0. The largest absolute Gasteiger partial charge is 0.358 e. The molecule has 2 aromatic rings. The lowest BCUT2D eigenvalue weighted by atomic mass is 9.91. The van der Waals surface area contributed by atoms with Crippen molar-refractivity contribution in [1.29, 1.82) is 0 Å². The third-order valence-corrected chi connectivity index (χ3v) is 4.51. The van der Waals surface area contributed by atoms with Crippen molar-refractivity contribution in [2.45, 2.75) is 39.5 Å². The number of benzene rings is 1. The molecule has 1 aliphatic rings. The van der Waals surface area contributed by atoms with Crippen molar-refractivity contribution in [2.24, 2.45) is 5.92 Å². The van der Waals surface area contributed by atoms with Crippen LogP contribution >= 0.6 is 0 Å². The Morgan fingerprint density at radius 1 is 1.32 bits per heavy atom. The van der Waals surface area contributed by atoms with Crippen LogP contribution in [-0.4, -0.2) is 18.1 Å². The van der Waals surface area contributed by atoms with Gasteiger partial charge in [0.05, 0.1) is 0 Å². The number of aryl methyl sites for hydroxylation is 2. The summed E-state index contributed by atoms with van der Waals surface area (Å²) in [7, 11) is 0. The Morgan fingerprint density at radius 3 is 2.95 bits per heavy atom. The van der Waals surface area contributed by atoms with E-state index in [1.54, 1.807) is 5.56 Å². The molecule has 19 heavy (non-hydrogen) atoms. The molecule has 1 atom stereocenters. The number of fused-ring (bicyclic) bond motifs is 1. The van der Waals surface area contributed by atoms with Crippen molar-refractivity contribution in [3.05, 3.63) is 35.0 Å². The fourth-order valence-electron chi connectivity index (χ4n) is 3.41. The maximum Gasteiger partial charge on any atom is 0.0491 e. The van der Waals surface area contributed by atoms with Gasteiger partial charge in [-0.05, 0) is 62.7 Å². The summed E-state index contributed by atoms with van der Waals surface area (Å²) >= 11 is 0. The van der Waals surface area contributed by atoms with Gasteiger partial charge in [0.15, 0.2) is 0 Å². The normalized spacial score (nSPS) is 20.0. The van der Waals surface area contributed by atoms with E-state index in [4.69, 9.17) is 0 Å². The first kappa shape index (κ1) is 12.7. The third-order valence-electron chi connectivity index (χ3n) is 4.51. The van der Waals surface area contributed by atoms with Crippen molar-refractivity contribution in [1.82, 2.24) is 10.3 Å². The minimum absolute atomic E-state index is 0.803. The Bertz CT molecular complexity index is 562. The lowest BCUT2D eigenvalue weighted by Gasteiger charge is -2.22. The van der Waals surface area contributed by atoms with E-state index in [1.165, 1.54) is 54.5 Å². The minimum Gasteiger partial charge on any atom is -0.358 e. The summed E-state index contributed by atoms with van der Waals surface area (Å²) in [6.07, 6.45) is 5.01. The molecule has 0 radical (unpaired) electrons. The molecule has 2 N–H and O–H groups in total. The topological polar surface area (TPSA) is 27.8 Å². The first-order chi connectivity index (χ1) is 9.29. The van der Waals surface area contributed by atoms with Gasteiger partial charge in [-0.3, -0.25) is 0 Å². The summed E-state index contributed by atoms with van der Waals surface area (Å²) in [5, 5.41) is 4.97. The van der Waals surface area contributed by atoms with Crippen LogP contribution in [0.5, 0.6) is 0 Å². The van der Waals surface area contributed by atoms with Gasteiger partial charge in [-0.25, -0.2) is 0 Å². The predicted octanol–water partition coefficient (Wildman–Crippen LogP) is 3.58. The number of aromatic amines is 1. The van der Waals surface area contributed by atoms with Crippen LogP contribution in [0.25, 0.3) is 10.9 Å². The van der Waals surface area contributed by atoms with Crippen molar-refractivity contribution < 1.29 is 0 Å². The monoisotopic (exact) mass is 256 g/mol. The van der Waals surface area contributed by atoms with Crippen molar-refractivity contribution in [2.75, 3.05) is 13.1 Å². The zero-order valence-corrected chi connectivity index (χ0v) is 12.1. The average Bonchev–Trinajstić information content (AvgIpc) is 2.76. The minimum atomic E-state index is 0.803. The van der Waals surface area contributed by atoms with E-state index >= 15 is 0 Å². The SMILES string of the molecule is CCc1cccc2c(CC3CCCNC3)c(C)[nH]c12. The summed E-state index contributed by atoms with van der Waals surface area (Å²) in [6, 6.07) is 6.73. The van der Waals surface area contributed by atoms with Crippen LogP contribution in [0.2, 0.25) is 0 Å². The van der Waals surface area contributed by atoms with Gasteiger partial charge in [-0.1, -0.05) is 25.1 Å². The molecule has 0 aliphatic carbocycles. The molecule has 2 heteroatoms. The number of aromatic nitrogens is 1. The van der Waals surface area contributed by atoms with Gasteiger partial charge in [0.2, 0.25) is 0 Å². The highest BCUT2D eigenvalue weighted by Crippen LogP contribution is 2.28. The molecule has 1 unspecified atom stereocenters. The first-order valence-electron chi connectivity index (χ1n) is 7.59. The molecule has 1 aromatic heterocycles. The number of H-pyrrole nitrogens is 1. The van der Waals surface area contributed by atoms with Crippen molar-refractivity contribution >= 4 is 10.9 Å². The van der Waals surface area contributed by atoms with Crippen molar-refractivity contribution in [3.8, 4) is 0 Å². The fraction of sp³-hybridized carbons (Fsp3) is 0.529. The lowest BCUT2D eigenvalue weighted by molar-refractivity contribution is 0.376. The number of piperidine rings is 1. The standard InChI is InChI=1S/C17H24N2/c1-3-14-7-4-8-15-16(12(2)19-17(14)15)10-13-6-5-9-18-11-13/h4,7-8,13,18-19H,3,5-6,9-11H2,1-2H3. The molecule has 0 bridgehead atoms. The Morgan fingerprint density at radius 2 is 2.21 bits per heavy atom. The number of hydrogen-bond acceptors (Lipinski definition) is 1. The molecule has 0 saturated carbocycles. The van der Waals surface area contributed by atoms with Crippen LogP contribution in [0.1, 0.15) is 36.6 Å². The Labute approximate surface area is 115 Å². The first-order valence-corrected chi connectivity index (χ1v) is 7.59. The molecule has 0 amide bonds. The van der Waals surface area contributed by atoms with E-state index in [9.17, 15) is 0 Å². The molecule has 2 nitrogen and oxygen atoms in total. The molecule has 2 heterocycles.